The van der Waals surface area contributed by atoms with Crippen LogP contribution in [-0.4, -0.2) is 31.0 Å². The maximum Gasteiger partial charge on any atom is 0.327 e. The van der Waals surface area contributed by atoms with Crippen molar-refractivity contribution in [3.05, 3.63) is 0 Å². The van der Waals surface area contributed by atoms with Crippen molar-refractivity contribution in [3.8, 4) is 0 Å². The Bertz CT molecular complexity index is 389. The Hall–Kier alpha value is -0.580. The molecule has 0 amide bonds. The van der Waals surface area contributed by atoms with Gasteiger partial charge in [0.2, 0.25) is 0 Å². The van der Waals surface area contributed by atoms with Gasteiger partial charge in [-0.15, -0.1) is 0 Å². The molecule has 2 rings (SSSR count). The standard InChI is InChI=1S/C12H20O4S/c1-2-16-11(13)12(8-9-12)17(14,15)10-6-4-3-5-7-10/h10H,2-9H2,1H3. The number of carbonyl (C=O) groups is 1. The average Bonchev–Trinajstić information content (AvgIpc) is 3.12. The van der Waals surface area contributed by atoms with E-state index in [1.807, 2.05) is 0 Å². The second kappa shape index (κ2) is 4.59. The zero-order valence-corrected chi connectivity index (χ0v) is 11.1. The molecule has 0 atom stereocenters. The highest BCUT2D eigenvalue weighted by molar-refractivity contribution is 7.94. The smallest absolute Gasteiger partial charge is 0.327 e. The first-order valence-electron chi connectivity index (χ1n) is 6.45. The van der Waals surface area contributed by atoms with Crippen molar-refractivity contribution in [2.45, 2.75) is 61.9 Å². The third kappa shape index (κ3) is 2.09. The van der Waals surface area contributed by atoms with Gasteiger partial charge in [0.1, 0.15) is 0 Å². The molecule has 17 heavy (non-hydrogen) atoms. The van der Waals surface area contributed by atoms with Crippen LogP contribution in [0.15, 0.2) is 0 Å². The summed E-state index contributed by atoms with van der Waals surface area (Å²) in [5.41, 5.74) is 0. The normalized spacial score (nSPS) is 24.3. The minimum absolute atomic E-state index is 0.251. The molecule has 2 saturated carbocycles. The average molecular weight is 260 g/mol. The van der Waals surface area contributed by atoms with Crippen LogP contribution in [0.3, 0.4) is 0 Å². The summed E-state index contributed by atoms with van der Waals surface area (Å²) in [4.78, 5) is 11.8. The van der Waals surface area contributed by atoms with Crippen LogP contribution >= 0.6 is 0 Å². The maximum absolute atomic E-state index is 12.5. The van der Waals surface area contributed by atoms with Crippen LogP contribution in [0.4, 0.5) is 0 Å². The lowest BCUT2D eigenvalue weighted by Crippen LogP contribution is -2.41. The molecule has 0 aromatic rings. The lowest BCUT2D eigenvalue weighted by Gasteiger charge is -2.25. The fraction of sp³-hybridized carbons (Fsp3) is 0.917. The van der Waals surface area contributed by atoms with Crippen molar-refractivity contribution in [2.24, 2.45) is 0 Å². The molecule has 0 radical (unpaired) electrons. The van der Waals surface area contributed by atoms with Gasteiger partial charge < -0.3 is 4.74 Å². The number of esters is 1. The molecule has 0 bridgehead atoms. The number of rotatable bonds is 4. The molecule has 2 fully saturated rings. The molecule has 0 saturated heterocycles. The maximum atomic E-state index is 12.5. The summed E-state index contributed by atoms with van der Waals surface area (Å²) in [6.07, 6.45) is 5.35. The Balaban J connectivity index is 2.17. The van der Waals surface area contributed by atoms with Gasteiger partial charge in [0.15, 0.2) is 14.6 Å². The van der Waals surface area contributed by atoms with Crippen LogP contribution in [0.1, 0.15) is 51.9 Å². The summed E-state index contributed by atoms with van der Waals surface area (Å²) in [6, 6.07) is 0. The van der Waals surface area contributed by atoms with Gasteiger partial charge >= 0.3 is 5.97 Å². The number of sulfone groups is 1. The molecule has 5 heteroatoms. The highest BCUT2D eigenvalue weighted by Crippen LogP contribution is 2.48. The van der Waals surface area contributed by atoms with Gasteiger partial charge in [-0.25, -0.2) is 8.42 Å². The molecule has 2 aliphatic carbocycles. The van der Waals surface area contributed by atoms with E-state index >= 15 is 0 Å². The fourth-order valence-electron chi connectivity index (χ4n) is 2.68. The SMILES string of the molecule is CCOC(=O)C1(S(=O)(=O)C2CCCCC2)CC1. The molecular weight excluding hydrogens is 240 g/mol. The Kier molecular flexibility index (Phi) is 3.48. The van der Waals surface area contributed by atoms with E-state index in [1.54, 1.807) is 6.92 Å². The summed E-state index contributed by atoms with van der Waals surface area (Å²) in [5.74, 6) is -0.523. The highest BCUT2D eigenvalue weighted by atomic mass is 32.2. The second-order valence-electron chi connectivity index (χ2n) is 5.02. The van der Waals surface area contributed by atoms with E-state index in [-0.39, 0.29) is 11.9 Å². The molecule has 0 heterocycles. The van der Waals surface area contributed by atoms with Crippen LogP contribution < -0.4 is 0 Å². The third-order valence-corrected chi connectivity index (χ3v) is 6.90. The quantitative estimate of drug-likeness (QED) is 0.723. The largest absolute Gasteiger partial charge is 0.465 e. The zero-order chi connectivity index (χ0) is 12.5. The first-order chi connectivity index (χ1) is 8.04. The molecule has 0 N–H and O–H groups in total. The lowest BCUT2D eigenvalue weighted by atomic mass is 10.0. The Morgan fingerprint density at radius 3 is 2.29 bits per heavy atom. The molecule has 4 nitrogen and oxygen atoms in total. The van der Waals surface area contributed by atoms with Gasteiger partial charge in [0.05, 0.1) is 11.9 Å². The summed E-state index contributed by atoms with van der Waals surface area (Å²) >= 11 is 0. The molecule has 98 valence electrons. The van der Waals surface area contributed by atoms with E-state index < -0.39 is 20.6 Å². The summed E-state index contributed by atoms with van der Waals surface area (Å²) < 4.78 is 28.7. The van der Waals surface area contributed by atoms with E-state index in [1.165, 1.54) is 0 Å². The number of hydrogen-bond acceptors (Lipinski definition) is 4. The molecule has 0 aromatic heterocycles. The first-order valence-corrected chi connectivity index (χ1v) is 8.00. The summed E-state index contributed by atoms with van der Waals surface area (Å²) in [7, 11) is -3.35. The molecular formula is C12H20O4S. The summed E-state index contributed by atoms with van der Waals surface area (Å²) in [5, 5.41) is -0.317. The van der Waals surface area contributed by atoms with E-state index in [9.17, 15) is 13.2 Å². The van der Waals surface area contributed by atoms with Gasteiger partial charge in [-0.1, -0.05) is 19.3 Å². The fourth-order valence-corrected chi connectivity index (χ4v) is 5.23. The minimum atomic E-state index is -3.35. The Morgan fingerprint density at radius 2 is 1.82 bits per heavy atom. The molecule has 2 aliphatic rings. The van der Waals surface area contributed by atoms with E-state index in [0.717, 1.165) is 19.3 Å². The van der Waals surface area contributed by atoms with Crippen LogP contribution in [0, 0.1) is 0 Å². The Labute approximate surface area is 103 Å². The van der Waals surface area contributed by atoms with E-state index in [4.69, 9.17) is 4.74 Å². The molecule has 0 spiro atoms. The number of ether oxygens (including phenoxy) is 1. The van der Waals surface area contributed by atoms with Crippen molar-refractivity contribution < 1.29 is 17.9 Å². The van der Waals surface area contributed by atoms with Gasteiger partial charge in [-0.05, 0) is 32.6 Å². The van der Waals surface area contributed by atoms with Gasteiger partial charge in [0.25, 0.3) is 0 Å². The zero-order valence-electron chi connectivity index (χ0n) is 10.3. The van der Waals surface area contributed by atoms with Gasteiger partial charge in [0, 0.05) is 0 Å². The highest BCUT2D eigenvalue weighted by Gasteiger charge is 2.63. The van der Waals surface area contributed by atoms with Crippen molar-refractivity contribution in [1.29, 1.82) is 0 Å². The molecule has 0 aliphatic heterocycles. The van der Waals surface area contributed by atoms with Crippen molar-refractivity contribution in [1.82, 2.24) is 0 Å². The summed E-state index contributed by atoms with van der Waals surface area (Å²) in [6.45, 7) is 1.96. The molecule has 0 aromatic carbocycles. The van der Waals surface area contributed by atoms with Crippen LogP contribution in [0.25, 0.3) is 0 Å². The molecule has 0 unspecified atom stereocenters. The number of carbonyl (C=O) groups excluding carboxylic acids is 1. The van der Waals surface area contributed by atoms with Crippen LogP contribution in [0.2, 0.25) is 0 Å². The second-order valence-corrected chi connectivity index (χ2v) is 7.56. The monoisotopic (exact) mass is 260 g/mol. The third-order valence-electron chi connectivity index (χ3n) is 3.89. The van der Waals surface area contributed by atoms with Crippen molar-refractivity contribution in [3.63, 3.8) is 0 Å². The lowest BCUT2D eigenvalue weighted by molar-refractivity contribution is -0.143. The first kappa shape index (κ1) is 12.9. The van der Waals surface area contributed by atoms with Crippen molar-refractivity contribution >= 4 is 15.8 Å². The van der Waals surface area contributed by atoms with E-state index in [0.29, 0.717) is 25.7 Å². The predicted molar refractivity (Wildman–Crippen MR) is 64.4 cm³/mol. The Morgan fingerprint density at radius 1 is 1.24 bits per heavy atom. The van der Waals surface area contributed by atoms with Crippen LogP contribution in [0.5, 0.6) is 0 Å². The topological polar surface area (TPSA) is 60.4 Å². The van der Waals surface area contributed by atoms with Gasteiger partial charge in [-0.2, -0.15) is 0 Å². The van der Waals surface area contributed by atoms with E-state index in [2.05, 4.69) is 0 Å². The predicted octanol–water partition coefficient (Wildman–Crippen LogP) is 1.83. The van der Waals surface area contributed by atoms with Gasteiger partial charge in [-0.3, -0.25) is 4.79 Å². The van der Waals surface area contributed by atoms with Crippen LogP contribution in [-0.2, 0) is 19.4 Å². The van der Waals surface area contributed by atoms with Crippen molar-refractivity contribution in [2.75, 3.05) is 6.61 Å². The minimum Gasteiger partial charge on any atom is -0.465 e. The number of hydrogen-bond donors (Lipinski definition) is 0.